The van der Waals surface area contributed by atoms with Crippen LogP contribution in [0.15, 0.2) is 6.20 Å². The maximum Gasteiger partial charge on any atom is 0.0965 e. The summed E-state index contributed by atoms with van der Waals surface area (Å²) >= 11 is 0. The van der Waals surface area contributed by atoms with E-state index in [4.69, 9.17) is 0 Å². The van der Waals surface area contributed by atoms with E-state index in [2.05, 4.69) is 43.3 Å². The Morgan fingerprint density at radius 3 is 2.56 bits per heavy atom. The van der Waals surface area contributed by atoms with Gasteiger partial charge in [-0.15, -0.1) is 5.10 Å². The van der Waals surface area contributed by atoms with Gasteiger partial charge >= 0.3 is 0 Å². The lowest BCUT2D eigenvalue weighted by molar-refractivity contribution is 0.206. The predicted octanol–water partition coefficient (Wildman–Crippen LogP) is 2.07. The molecule has 0 bridgehead atoms. The van der Waals surface area contributed by atoms with Gasteiger partial charge in [0.25, 0.3) is 0 Å². The Kier molecular flexibility index (Phi) is 2.78. The third kappa shape index (κ3) is 2.43. The molecular weight excluding hydrogens is 200 g/mol. The van der Waals surface area contributed by atoms with Gasteiger partial charge in [0.2, 0.25) is 0 Å². The van der Waals surface area contributed by atoms with E-state index in [0.29, 0.717) is 5.54 Å². The second-order valence-electron chi connectivity index (χ2n) is 6.09. The Morgan fingerprint density at radius 1 is 1.44 bits per heavy atom. The first-order valence-corrected chi connectivity index (χ1v) is 6.06. The summed E-state index contributed by atoms with van der Waals surface area (Å²) in [5.41, 5.74) is 1.39. The number of nitrogens with zero attached hydrogens (tertiary/aromatic N) is 3. The fourth-order valence-corrected chi connectivity index (χ4v) is 1.90. The third-order valence-electron chi connectivity index (χ3n) is 3.38. The monoisotopic (exact) mass is 222 g/mol. The summed E-state index contributed by atoms with van der Waals surface area (Å²) in [7, 11) is 0. The van der Waals surface area contributed by atoms with Crippen molar-refractivity contribution in [2.45, 2.75) is 64.6 Å². The number of rotatable bonds is 3. The minimum atomic E-state index is 0.0195. The maximum absolute atomic E-state index is 4.19. The van der Waals surface area contributed by atoms with Crippen LogP contribution < -0.4 is 5.32 Å². The standard InChI is InChI=1S/C12H22N4/c1-11(2,3)16-9-10(14-15-16)8-13-12(4)6-5-7-12/h9,13H,5-8H2,1-4H3. The van der Waals surface area contributed by atoms with Crippen molar-refractivity contribution < 1.29 is 0 Å². The summed E-state index contributed by atoms with van der Waals surface area (Å²) in [6.07, 6.45) is 5.94. The molecule has 1 aliphatic rings. The number of aromatic nitrogens is 3. The van der Waals surface area contributed by atoms with Gasteiger partial charge in [0.15, 0.2) is 0 Å². The van der Waals surface area contributed by atoms with E-state index in [1.165, 1.54) is 19.3 Å². The number of hydrogen-bond donors (Lipinski definition) is 1. The summed E-state index contributed by atoms with van der Waals surface area (Å²) in [5.74, 6) is 0. The summed E-state index contributed by atoms with van der Waals surface area (Å²) in [4.78, 5) is 0. The highest BCUT2D eigenvalue weighted by atomic mass is 15.4. The van der Waals surface area contributed by atoms with Crippen molar-refractivity contribution in [1.82, 2.24) is 20.3 Å². The SMILES string of the molecule is CC1(NCc2cn(C(C)(C)C)nn2)CCC1. The minimum Gasteiger partial charge on any atom is -0.306 e. The molecule has 0 spiro atoms. The summed E-state index contributed by atoms with van der Waals surface area (Å²) < 4.78 is 1.92. The molecule has 1 heterocycles. The van der Waals surface area contributed by atoms with Crippen molar-refractivity contribution >= 4 is 0 Å². The van der Waals surface area contributed by atoms with Crippen LogP contribution in [0.1, 0.15) is 52.7 Å². The Bertz CT molecular complexity index is 357. The van der Waals surface area contributed by atoms with E-state index in [0.717, 1.165) is 12.2 Å². The van der Waals surface area contributed by atoms with Crippen LogP contribution in [-0.4, -0.2) is 20.5 Å². The molecule has 16 heavy (non-hydrogen) atoms. The van der Waals surface area contributed by atoms with Crippen molar-refractivity contribution in [2.24, 2.45) is 0 Å². The van der Waals surface area contributed by atoms with Crippen LogP contribution in [0.2, 0.25) is 0 Å². The molecule has 0 unspecified atom stereocenters. The second-order valence-corrected chi connectivity index (χ2v) is 6.09. The van der Waals surface area contributed by atoms with E-state index >= 15 is 0 Å². The van der Waals surface area contributed by atoms with Crippen LogP contribution in [0.4, 0.5) is 0 Å². The van der Waals surface area contributed by atoms with Crippen LogP contribution >= 0.6 is 0 Å². The van der Waals surface area contributed by atoms with E-state index in [1.54, 1.807) is 0 Å². The van der Waals surface area contributed by atoms with Gasteiger partial charge in [-0.2, -0.15) is 0 Å². The van der Waals surface area contributed by atoms with Crippen molar-refractivity contribution in [3.63, 3.8) is 0 Å². The largest absolute Gasteiger partial charge is 0.306 e. The zero-order valence-electron chi connectivity index (χ0n) is 10.7. The highest BCUT2D eigenvalue weighted by Gasteiger charge is 2.31. The van der Waals surface area contributed by atoms with Gasteiger partial charge in [-0.3, -0.25) is 0 Å². The zero-order chi connectivity index (χ0) is 11.8. The van der Waals surface area contributed by atoms with E-state index < -0.39 is 0 Å². The molecule has 0 atom stereocenters. The topological polar surface area (TPSA) is 42.7 Å². The first kappa shape index (κ1) is 11.6. The Labute approximate surface area is 97.4 Å². The molecule has 0 saturated heterocycles. The van der Waals surface area contributed by atoms with Crippen molar-refractivity contribution in [3.05, 3.63) is 11.9 Å². The summed E-state index contributed by atoms with van der Waals surface area (Å²) in [6, 6.07) is 0. The molecule has 0 aromatic carbocycles. The predicted molar refractivity (Wildman–Crippen MR) is 64.1 cm³/mol. The molecule has 1 saturated carbocycles. The fourth-order valence-electron chi connectivity index (χ4n) is 1.90. The highest BCUT2D eigenvalue weighted by Crippen LogP contribution is 2.31. The molecule has 0 aliphatic heterocycles. The smallest absolute Gasteiger partial charge is 0.0965 e. The molecule has 1 aromatic heterocycles. The average Bonchev–Trinajstić information content (AvgIpc) is 2.59. The van der Waals surface area contributed by atoms with Crippen LogP contribution in [0, 0.1) is 0 Å². The molecule has 1 aliphatic carbocycles. The molecule has 1 aromatic rings. The maximum atomic E-state index is 4.19. The van der Waals surface area contributed by atoms with Gasteiger partial charge < -0.3 is 5.32 Å². The van der Waals surface area contributed by atoms with E-state index in [9.17, 15) is 0 Å². The van der Waals surface area contributed by atoms with Gasteiger partial charge in [0.05, 0.1) is 17.4 Å². The molecule has 4 heteroatoms. The van der Waals surface area contributed by atoms with Gasteiger partial charge in [-0.05, 0) is 47.0 Å². The number of hydrogen-bond acceptors (Lipinski definition) is 3. The zero-order valence-corrected chi connectivity index (χ0v) is 10.7. The third-order valence-corrected chi connectivity index (χ3v) is 3.38. The van der Waals surface area contributed by atoms with E-state index in [1.807, 2.05) is 10.9 Å². The lowest BCUT2D eigenvalue weighted by Gasteiger charge is -2.39. The van der Waals surface area contributed by atoms with Crippen LogP contribution in [0.3, 0.4) is 0 Å². The van der Waals surface area contributed by atoms with Gasteiger partial charge in [-0.25, -0.2) is 4.68 Å². The highest BCUT2D eigenvalue weighted by molar-refractivity contribution is 4.98. The quantitative estimate of drug-likeness (QED) is 0.851. The molecule has 4 nitrogen and oxygen atoms in total. The lowest BCUT2D eigenvalue weighted by atomic mass is 9.78. The summed E-state index contributed by atoms with van der Waals surface area (Å²) in [6.45, 7) is 9.50. The van der Waals surface area contributed by atoms with Crippen molar-refractivity contribution in [2.75, 3.05) is 0 Å². The van der Waals surface area contributed by atoms with Crippen LogP contribution in [0.25, 0.3) is 0 Å². The Morgan fingerprint density at radius 2 is 2.12 bits per heavy atom. The molecule has 1 fully saturated rings. The first-order valence-electron chi connectivity index (χ1n) is 6.06. The Balaban J connectivity index is 1.93. The van der Waals surface area contributed by atoms with Crippen LogP contribution in [-0.2, 0) is 12.1 Å². The van der Waals surface area contributed by atoms with Gasteiger partial charge in [0, 0.05) is 12.1 Å². The first-order chi connectivity index (χ1) is 7.39. The number of nitrogens with one attached hydrogen (secondary N) is 1. The molecule has 0 amide bonds. The second kappa shape index (κ2) is 3.84. The average molecular weight is 222 g/mol. The molecular formula is C12H22N4. The molecule has 90 valence electrons. The van der Waals surface area contributed by atoms with Gasteiger partial charge in [0.1, 0.15) is 0 Å². The Hall–Kier alpha value is -0.900. The molecule has 0 radical (unpaired) electrons. The van der Waals surface area contributed by atoms with Gasteiger partial charge in [-0.1, -0.05) is 5.21 Å². The fraction of sp³-hybridized carbons (Fsp3) is 0.833. The minimum absolute atomic E-state index is 0.0195. The molecule has 2 rings (SSSR count). The van der Waals surface area contributed by atoms with Crippen LogP contribution in [0.5, 0.6) is 0 Å². The summed E-state index contributed by atoms with van der Waals surface area (Å²) in [5, 5.41) is 11.9. The van der Waals surface area contributed by atoms with Crippen molar-refractivity contribution in [1.29, 1.82) is 0 Å². The normalized spacial score (nSPS) is 19.5. The molecule has 1 N–H and O–H groups in total. The lowest BCUT2D eigenvalue weighted by Crippen LogP contribution is -2.47. The van der Waals surface area contributed by atoms with E-state index in [-0.39, 0.29) is 5.54 Å². The van der Waals surface area contributed by atoms with Crippen molar-refractivity contribution in [3.8, 4) is 0 Å².